The smallest absolute Gasteiger partial charge is 0.215 e. The van der Waals surface area contributed by atoms with Gasteiger partial charge in [-0.25, -0.2) is 4.98 Å². The highest BCUT2D eigenvalue weighted by Crippen LogP contribution is 2.37. The monoisotopic (exact) mass is 386 g/mol. The Bertz CT molecular complexity index is 1750. The lowest BCUT2D eigenvalue weighted by molar-refractivity contribution is 0.973. The zero-order valence-electron chi connectivity index (χ0n) is 16.4. The minimum absolute atomic E-state index is 0.962. The van der Waals surface area contributed by atoms with Gasteiger partial charge in [-0.15, -0.1) is 0 Å². The maximum absolute atomic E-state index is 5.17. The van der Waals surface area contributed by atoms with E-state index in [1.807, 2.05) is 0 Å². The van der Waals surface area contributed by atoms with Crippen molar-refractivity contribution in [1.82, 2.24) is 18.5 Å². The van der Waals surface area contributed by atoms with E-state index in [0.29, 0.717) is 0 Å². The van der Waals surface area contributed by atoms with Crippen LogP contribution >= 0.6 is 0 Å². The summed E-state index contributed by atoms with van der Waals surface area (Å²) in [6, 6.07) is 32.1. The normalized spacial score (nSPS) is 12.2. The molecule has 30 heavy (non-hydrogen) atoms. The fourth-order valence-corrected chi connectivity index (χ4v) is 4.93. The number of para-hydroxylation sites is 4. The van der Waals surface area contributed by atoms with Gasteiger partial charge >= 0.3 is 0 Å². The highest BCUT2D eigenvalue weighted by molar-refractivity contribution is 6.18. The van der Waals surface area contributed by atoms with Crippen LogP contribution < -0.4 is 0 Å². The zero-order valence-corrected chi connectivity index (χ0v) is 16.4. The van der Waals surface area contributed by atoms with Gasteiger partial charge in [0.1, 0.15) is 5.52 Å². The highest BCUT2D eigenvalue weighted by atomic mass is 15.2. The van der Waals surface area contributed by atoms with Gasteiger partial charge in [0, 0.05) is 23.5 Å². The molecule has 0 fully saturated rings. The van der Waals surface area contributed by atoms with E-state index < -0.39 is 0 Å². The van der Waals surface area contributed by atoms with Crippen molar-refractivity contribution in [2.75, 3.05) is 0 Å². The summed E-state index contributed by atoms with van der Waals surface area (Å²) in [6.45, 7) is 0. The molecule has 0 saturated heterocycles. The van der Waals surface area contributed by atoms with E-state index in [-0.39, 0.29) is 0 Å². The fraction of sp³-hybridized carbons (Fsp3) is 0.0385. The lowest BCUT2D eigenvalue weighted by atomic mass is 10.1. The van der Waals surface area contributed by atoms with Crippen LogP contribution in [-0.4, -0.2) is 18.5 Å². The van der Waals surface area contributed by atoms with Gasteiger partial charge in [0.15, 0.2) is 0 Å². The zero-order chi connectivity index (χ0) is 19.8. The van der Waals surface area contributed by atoms with Crippen LogP contribution in [0.2, 0.25) is 0 Å². The Balaban J connectivity index is 1.76. The van der Waals surface area contributed by atoms with Crippen LogP contribution in [0.25, 0.3) is 55.3 Å². The molecule has 0 saturated carbocycles. The number of hydrogen-bond donors (Lipinski definition) is 0. The van der Waals surface area contributed by atoms with Crippen LogP contribution in [0.3, 0.4) is 0 Å². The minimum Gasteiger partial charge on any atom is -0.313 e. The van der Waals surface area contributed by atoms with E-state index in [1.165, 1.54) is 27.3 Å². The van der Waals surface area contributed by atoms with Crippen molar-refractivity contribution in [3.8, 4) is 5.69 Å². The third kappa shape index (κ3) is 1.83. The summed E-state index contributed by atoms with van der Waals surface area (Å²) in [5.74, 6) is 0.962. The van der Waals surface area contributed by atoms with E-state index in [0.717, 1.165) is 28.0 Å². The summed E-state index contributed by atoms with van der Waals surface area (Å²) in [7, 11) is 2.09. The molecule has 0 radical (unpaired) electrons. The molecule has 4 aromatic carbocycles. The highest BCUT2D eigenvalue weighted by Gasteiger charge is 2.20. The molecule has 4 nitrogen and oxygen atoms in total. The van der Waals surface area contributed by atoms with Gasteiger partial charge < -0.3 is 9.13 Å². The second kappa shape index (κ2) is 5.51. The second-order valence-electron chi connectivity index (χ2n) is 7.81. The molecule has 3 heterocycles. The molecule has 0 unspecified atom stereocenters. The molecule has 0 aliphatic heterocycles. The first-order chi connectivity index (χ1) is 14.8. The molecule has 0 aliphatic rings. The molecule has 142 valence electrons. The molecule has 3 aromatic heterocycles. The molecule has 4 heteroatoms. The van der Waals surface area contributed by atoms with Crippen molar-refractivity contribution in [2.45, 2.75) is 0 Å². The summed E-state index contributed by atoms with van der Waals surface area (Å²) in [5, 5.41) is 2.48. The Morgan fingerprint density at radius 2 is 1.30 bits per heavy atom. The Labute approximate surface area is 172 Å². The Kier molecular flexibility index (Phi) is 2.91. The summed E-state index contributed by atoms with van der Waals surface area (Å²) >= 11 is 0. The number of aryl methyl sites for hydroxylation is 1. The SMILES string of the molecule is Cn1c2ccccc2n2c3ccc4c5ccccc5n(-c5ccccc5)c4c3nc12. The largest absolute Gasteiger partial charge is 0.313 e. The predicted molar refractivity (Wildman–Crippen MR) is 124 cm³/mol. The topological polar surface area (TPSA) is 27.2 Å². The van der Waals surface area contributed by atoms with Gasteiger partial charge in [-0.2, -0.15) is 0 Å². The van der Waals surface area contributed by atoms with Crippen LogP contribution in [-0.2, 0) is 7.05 Å². The number of benzene rings is 4. The summed E-state index contributed by atoms with van der Waals surface area (Å²) < 4.78 is 6.80. The van der Waals surface area contributed by atoms with Crippen LogP contribution in [0.15, 0.2) is 91.0 Å². The quantitative estimate of drug-likeness (QED) is 0.336. The lowest BCUT2D eigenvalue weighted by Crippen LogP contribution is -1.94. The maximum Gasteiger partial charge on any atom is 0.215 e. The molecule has 0 N–H and O–H groups in total. The number of nitrogens with zero attached hydrogens (tertiary/aromatic N) is 4. The molecule has 7 aromatic rings. The van der Waals surface area contributed by atoms with E-state index >= 15 is 0 Å². The molecule has 0 spiro atoms. The third-order valence-corrected chi connectivity index (χ3v) is 6.24. The van der Waals surface area contributed by atoms with E-state index in [9.17, 15) is 0 Å². The van der Waals surface area contributed by atoms with Gasteiger partial charge in [0.25, 0.3) is 0 Å². The Morgan fingerprint density at radius 1 is 0.600 bits per heavy atom. The van der Waals surface area contributed by atoms with E-state index in [2.05, 4.69) is 112 Å². The number of rotatable bonds is 1. The van der Waals surface area contributed by atoms with Gasteiger partial charge in [-0.3, -0.25) is 4.40 Å². The van der Waals surface area contributed by atoms with Crippen molar-refractivity contribution < 1.29 is 0 Å². The first kappa shape index (κ1) is 15.8. The van der Waals surface area contributed by atoms with Crippen LogP contribution in [0.1, 0.15) is 0 Å². The van der Waals surface area contributed by atoms with Crippen molar-refractivity contribution in [3.63, 3.8) is 0 Å². The second-order valence-corrected chi connectivity index (χ2v) is 7.81. The van der Waals surface area contributed by atoms with E-state index in [1.54, 1.807) is 0 Å². The first-order valence-corrected chi connectivity index (χ1v) is 10.2. The maximum atomic E-state index is 5.17. The molecular weight excluding hydrogens is 368 g/mol. The first-order valence-electron chi connectivity index (χ1n) is 10.2. The van der Waals surface area contributed by atoms with Crippen molar-refractivity contribution in [2.24, 2.45) is 7.05 Å². The lowest BCUT2D eigenvalue weighted by Gasteiger charge is -2.07. The third-order valence-electron chi connectivity index (χ3n) is 6.24. The van der Waals surface area contributed by atoms with Crippen LogP contribution in [0, 0.1) is 0 Å². The molecule has 0 aliphatic carbocycles. The Morgan fingerprint density at radius 3 is 2.13 bits per heavy atom. The van der Waals surface area contributed by atoms with Gasteiger partial charge in [-0.05, 0) is 42.5 Å². The molecule has 0 amide bonds. The summed E-state index contributed by atoms with van der Waals surface area (Å²) in [6.07, 6.45) is 0. The Hall–Kier alpha value is -4.05. The van der Waals surface area contributed by atoms with Crippen LogP contribution in [0.4, 0.5) is 0 Å². The standard InChI is InChI=1S/C26H18N4/c1-28-21-13-7-8-14-22(21)30-23-16-15-19-18-11-5-6-12-20(18)29(17-9-3-2-4-10-17)25(19)24(23)27-26(28)30/h2-16H,1H3. The fourth-order valence-electron chi connectivity index (χ4n) is 4.93. The summed E-state index contributed by atoms with van der Waals surface area (Å²) in [4.78, 5) is 5.17. The molecule has 0 atom stereocenters. The number of imidazole rings is 2. The summed E-state index contributed by atoms with van der Waals surface area (Å²) in [5.41, 5.74) is 8.04. The van der Waals surface area contributed by atoms with Crippen molar-refractivity contribution in [1.29, 1.82) is 0 Å². The average molecular weight is 386 g/mol. The van der Waals surface area contributed by atoms with Crippen molar-refractivity contribution in [3.05, 3.63) is 91.0 Å². The average Bonchev–Trinajstić information content (AvgIpc) is 3.43. The number of aromatic nitrogens is 4. The van der Waals surface area contributed by atoms with Gasteiger partial charge in [0.05, 0.1) is 27.6 Å². The van der Waals surface area contributed by atoms with E-state index in [4.69, 9.17) is 4.98 Å². The molecule has 0 bridgehead atoms. The minimum atomic E-state index is 0.962. The van der Waals surface area contributed by atoms with Crippen LogP contribution in [0.5, 0.6) is 0 Å². The van der Waals surface area contributed by atoms with Gasteiger partial charge in [-0.1, -0.05) is 48.5 Å². The molecular formula is C26H18N4. The number of fused-ring (bicyclic) bond motifs is 9. The van der Waals surface area contributed by atoms with Crippen molar-refractivity contribution >= 4 is 49.7 Å². The number of hydrogen-bond acceptors (Lipinski definition) is 1. The van der Waals surface area contributed by atoms with Gasteiger partial charge in [0.2, 0.25) is 5.78 Å². The predicted octanol–water partition coefficient (Wildman–Crippen LogP) is 6.08. The molecule has 7 rings (SSSR count).